The molecule has 0 radical (unpaired) electrons. The van der Waals surface area contributed by atoms with Crippen LogP contribution in [-0.2, 0) is 0 Å². The molecule has 6 heteroatoms. The van der Waals surface area contributed by atoms with Gasteiger partial charge in [0, 0.05) is 5.56 Å². The van der Waals surface area contributed by atoms with Crippen molar-refractivity contribution in [3.05, 3.63) is 68.7 Å². The van der Waals surface area contributed by atoms with Gasteiger partial charge in [0.1, 0.15) is 0 Å². The Balaban J connectivity index is 2.52. The first-order valence-corrected chi connectivity index (χ1v) is 10.9. The van der Waals surface area contributed by atoms with Crippen molar-refractivity contribution >= 4 is 35.0 Å². The van der Waals surface area contributed by atoms with E-state index in [2.05, 4.69) is 12.3 Å². The van der Waals surface area contributed by atoms with Gasteiger partial charge in [-0.2, -0.15) is 0 Å². The van der Waals surface area contributed by atoms with Crippen LogP contribution < -0.4 is 5.43 Å². The highest BCUT2D eigenvalue weighted by atomic mass is 35.5. The largest absolute Gasteiger partial charge is 0.275 e. The van der Waals surface area contributed by atoms with E-state index in [0.717, 1.165) is 17.5 Å². The fraction of sp³-hybridized carbons (Fsp3) is 0.417. The number of hydrogen-bond donors (Lipinski definition) is 1. The summed E-state index contributed by atoms with van der Waals surface area (Å²) in [5, 5.41) is 1.92. The van der Waals surface area contributed by atoms with Crippen LogP contribution in [0.3, 0.4) is 0 Å². The summed E-state index contributed by atoms with van der Waals surface area (Å²) in [6.07, 6.45) is 1.56. The minimum atomic E-state index is -0.420. The molecule has 0 spiro atoms. The molecular weight excluding hydrogens is 419 g/mol. The number of benzene rings is 2. The highest BCUT2D eigenvalue weighted by Crippen LogP contribution is 2.32. The van der Waals surface area contributed by atoms with E-state index in [-0.39, 0.29) is 33.0 Å². The molecular formula is C24H30Cl2N2O2. The maximum atomic E-state index is 13.6. The Morgan fingerprint density at radius 2 is 1.57 bits per heavy atom. The minimum Gasteiger partial charge on any atom is -0.267 e. The number of halogens is 2. The van der Waals surface area contributed by atoms with Gasteiger partial charge in [0.05, 0.1) is 21.7 Å². The summed E-state index contributed by atoms with van der Waals surface area (Å²) in [4.78, 5) is 26.7. The first-order valence-electron chi connectivity index (χ1n) is 10.1. The molecule has 2 aromatic carbocycles. The summed E-state index contributed by atoms with van der Waals surface area (Å²) in [7, 11) is 0. The van der Waals surface area contributed by atoms with Gasteiger partial charge in [0.25, 0.3) is 11.8 Å². The molecule has 0 saturated heterocycles. The maximum absolute atomic E-state index is 13.6. The predicted molar refractivity (Wildman–Crippen MR) is 124 cm³/mol. The Morgan fingerprint density at radius 1 is 1.03 bits per heavy atom. The molecule has 0 aromatic heterocycles. The molecule has 2 aromatic rings. The fourth-order valence-electron chi connectivity index (χ4n) is 3.60. The summed E-state index contributed by atoms with van der Waals surface area (Å²) in [5.74, 6) is -0.764. The van der Waals surface area contributed by atoms with E-state index in [1.165, 1.54) is 5.01 Å². The smallest absolute Gasteiger partial charge is 0.267 e. The zero-order chi connectivity index (χ0) is 22.6. The molecule has 1 N–H and O–H groups in total. The van der Waals surface area contributed by atoms with Gasteiger partial charge >= 0.3 is 0 Å². The highest BCUT2D eigenvalue weighted by Gasteiger charge is 2.36. The molecule has 0 aliphatic heterocycles. The minimum absolute atomic E-state index is 0.187. The first kappa shape index (κ1) is 24.2. The van der Waals surface area contributed by atoms with Gasteiger partial charge in [-0.1, -0.05) is 80.6 Å². The van der Waals surface area contributed by atoms with Crippen molar-refractivity contribution in [2.75, 3.05) is 0 Å². The van der Waals surface area contributed by atoms with Crippen LogP contribution in [0.4, 0.5) is 0 Å². The molecule has 0 saturated carbocycles. The van der Waals surface area contributed by atoms with Crippen molar-refractivity contribution in [2.24, 2.45) is 5.41 Å². The summed E-state index contributed by atoms with van der Waals surface area (Å²) in [5.41, 5.74) is 5.22. The van der Waals surface area contributed by atoms with Crippen LogP contribution in [0.25, 0.3) is 0 Å². The van der Waals surface area contributed by atoms with Crippen molar-refractivity contribution in [2.45, 2.75) is 60.4 Å². The van der Waals surface area contributed by atoms with Gasteiger partial charge in [0.2, 0.25) is 0 Å². The molecule has 4 nitrogen and oxygen atoms in total. The molecule has 0 fully saturated rings. The Hall–Kier alpha value is -2.04. The zero-order valence-corrected chi connectivity index (χ0v) is 20.0. The number of rotatable bonds is 5. The number of hydrazine groups is 1. The number of nitrogens with one attached hydrogen (secondary N) is 1. The molecule has 1 atom stereocenters. The number of hydrogen-bond acceptors (Lipinski definition) is 2. The Morgan fingerprint density at radius 3 is 2.03 bits per heavy atom. The molecule has 2 rings (SSSR count). The van der Waals surface area contributed by atoms with E-state index in [1.807, 2.05) is 40.7 Å². The van der Waals surface area contributed by atoms with E-state index in [9.17, 15) is 9.59 Å². The van der Waals surface area contributed by atoms with E-state index in [1.54, 1.807) is 30.3 Å². The predicted octanol–water partition coefficient (Wildman–Crippen LogP) is 6.61. The van der Waals surface area contributed by atoms with E-state index in [4.69, 9.17) is 23.2 Å². The third-order valence-corrected chi connectivity index (χ3v) is 5.60. The lowest BCUT2D eigenvalue weighted by Gasteiger charge is -2.40. The van der Waals surface area contributed by atoms with Gasteiger partial charge in [-0.15, -0.1) is 0 Å². The van der Waals surface area contributed by atoms with Crippen molar-refractivity contribution in [1.82, 2.24) is 10.4 Å². The molecule has 0 aliphatic carbocycles. The first-order chi connectivity index (χ1) is 14.0. The van der Waals surface area contributed by atoms with Crippen LogP contribution >= 0.6 is 23.2 Å². The van der Waals surface area contributed by atoms with Crippen molar-refractivity contribution in [1.29, 1.82) is 0 Å². The second-order valence-electron chi connectivity index (χ2n) is 8.76. The third-order valence-electron chi connectivity index (χ3n) is 4.97. The highest BCUT2D eigenvalue weighted by molar-refractivity contribution is 6.39. The molecule has 0 aliphatic rings. The van der Waals surface area contributed by atoms with Crippen molar-refractivity contribution in [3.8, 4) is 0 Å². The van der Waals surface area contributed by atoms with Gasteiger partial charge in [-0.25, -0.2) is 5.01 Å². The van der Waals surface area contributed by atoms with Crippen LogP contribution in [0.2, 0.25) is 10.0 Å². The fourth-order valence-corrected chi connectivity index (χ4v) is 4.15. The lowest BCUT2D eigenvalue weighted by molar-refractivity contribution is 0.0271. The second kappa shape index (κ2) is 9.84. The van der Waals surface area contributed by atoms with Crippen LogP contribution in [0.15, 0.2) is 36.4 Å². The van der Waals surface area contributed by atoms with Gasteiger partial charge in [-0.05, 0) is 49.9 Å². The average molecular weight is 449 g/mol. The molecule has 162 valence electrons. The van der Waals surface area contributed by atoms with Crippen LogP contribution in [0, 0.1) is 19.3 Å². The van der Waals surface area contributed by atoms with E-state index < -0.39 is 5.91 Å². The topological polar surface area (TPSA) is 49.4 Å². The number of aryl methyl sites for hydroxylation is 2. The number of nitrogens with zero attached hydrogens (tertiary/aromatic N) is 1. The molecule has 0 unspecified atom stereocenters. The normalized spacial score (nSPS) is 12.4. The summed E-state index contributed by atoms with van der Waals surface area (Å²) in [6.45, 7) is 12.1. The number of carbonyl (C=O) groups is 2. The van der Waals surface area contributed by atoms with Gasteiger partial charge < -0.3 is 0 Å². The summed E-state index contributed by atoms with van der Waals surface area (Å²) >= 11 is 12.6. The molecule has 30 heavy (non-hydrogen) atoms. The Kier molecular flexibility index (Phi) is 7.95. The van der Waals surface area contributed by atoms with Crippen LogP contribution in [-0.4, -0.2) is 22.9 Å². The number of carbonyl (C=O) groups excluding carboxylic acids is 2. The molecule has 2 amide bonds. The standard InChI is InChI=1S/C24H30Cl2N2O2/c1-7-9-20(24(4,5)6)28(23(30)21-18(25)10-8-11-19(21)26)27-22(29)17-13-15(2)12-16(3)14-17/h8,10-14,20H,7,9H2,1-6H3,(H,27,29)/t20-/m1/s1. The Labute approximate surface area is 189 Å². The Bertz CT molecular complexity index is 895. The van der Waals surface area contributed by atoms with E-state index >= 15 is 0 Å². The second-order valence-corrected chi connectivity index (χ2v) is 9.57. The lowest BCUT2D eigenvalue weighted by atomic mass is 9.83. The van der Waals surface area contributed by atoms with Crippen LogP contribution in [0.1, 0.15) is 72.4 Å². The third kappa shape index (κ3) is 5.77. The van der Waals surface area contributed by atoms with Gasteiger partial charge in [-0.3, -0.25) is 15.0 Å². The SMILES string of the molecule is CCC[C@@H](N(NC(=O)c1cc(C)cc(C)c1)C(=O)c1c(Cl)cccc1Cl)C(C)(C)C. The number of amides is 2. The van der Waals surface area contributed by atoms with Crippen molar-refractivity contribution < 1.29 is 9.59 Å². The zero-order valence-electron chi connectivity index (χ0n) is 18.5. The quantitative estimate of drug-likeness (QED) is 0.522. The molecule has 0 bridgehead atoms. The van der Waals surface area contributed by atoms with E-state index in [0.29, 0.717) is 12.0 Å². The lowest BCUT2D eigenvalue weighted by Crippen LogP contribution is -2.56. The average Bonchev–Trinajstić information content (AvgIpc) is 2.62. The summed E-state index contributed by atoms with van der Waals surface area (Å²) in [6, 6.07) is 10.3. The summed E-state index contributed by atoms with van der Waals surface area (Å²) < 4.78 is 0. The monoisotopic (exact) mass is 448 g/mol. The van der Waals surface area contributed by atoms with Crippen molar-refractivity contribution in [3.63, 3.8) is 0 Å². The maximum Gasteiger partial charge on any atom is 0.275 e. The van der Waals surface area contributed by atoms with Crippen LogP contribution in [0.5, 0.6) is 0 Å². The molecule has 0 heterocycles. The van der Waals surface area contributed by atoms with Gasteiger partial charge in [0.15, 0.2) is 0 Å².